The largest absolute Gasteiger partial charge is 0.338 e. The highest BCUT2D eigenvalue weighted by Crippen LogP contribution is 2.26. The van der Waals surface area contributed by atoms with E-state index >= 15 is 0 Å². The molecule has 3 rings (SSSR count). The summed E-state index contributed by atoms with van der Waals surface area (Å²) in [7, 11) is 0. The Morgan fingerprint density at radius 1 is 1.29 bits per heavy atom. The van der Waals surface area contributed by atoms with Crippen molar-refractivity contribution in [3.63, 3.8) is 0 Å². The van der Waals surface area contributed by atoms with Gasteiger partial charge in [-0.15, -0.1) is 0 Å². The van der Waals surface area contributed by atoms with Crippen LogP contribution in [0.5, 0.6) is 0 Å². The van der Waals surface area contributed by atoms with Crippen LogP contribution in [-0.4, -0.2) is 33.7 Å². The van der Waals surface area contributed by atoms with Crippen LogP contribution in [0.15, 0.2) is 30.6 Å². The summed E-state index contributed by atoms with van der Waals surface area (Å²) in [6.07, 6.45) is 11.0. The van der Waals surface area contributed by atoms with Crippen molar-refractivity contribution in [2.75, 3.05) is 13.1 Å². The van der Waals surface area contributed by atoms with Crippen molar-refractivity contribution < 1.29 is 4.79 Å². The summed E-state index contributed by atoms with van der Waals surface area (Å²) in [5.74, 6) is 0.552. The molecule has 1 saturated heterocycles. The van der Waals surface area contributed by atoms with Crippen molar-refractivity contribution in [3.05, 3.63) is 30.6 Å². The van der Waals surface area contributed by atoms with E-state index < -0.39 is 0 Å². The highest BCUT2D eigenvalue weighted by Gasteiger charge is 2.35. The molecule has 4 nitrogen and oxygen atoms in total. The van der Waals surface area contributed by atoms with Gasteiger partial charge in [0.2, 0.25) is 5.91 Å². The monoisotopic (exact) mass is 231 g/mol. The normalized spacial score (nSPS) is 24.7. The van der Waals surface area contributed by atoms with E-state index in [1.54, 1.807) is 6.20 Å². The van der Waals surface area contributed by atoms with Crippen LogP contribution in [0, 0.1) is 5.92 Å². The molecule has 2 heterocycles. The third kappa shape index (κ3) is 1.99. The Balaban J connectivity index is 1.55. The molecule has 1 aliphatic heterocycles. The number of amides is 1. The maximum Gasteiger partial charge on any atom is 0.226 e. The molecule has 0 N–H and O–H groups in total. The predicted octanol–water partition coefficient (Wildman–Crippen LogP) is 1.62. The quantitative estimate of drug-likeness (QED) is 0.725. The number of hydrogen-bond acceptors (Lipinski definition) is 2. The van der Waals surface area contributed by atoms with Crippen LogP contribution in [-0.2, 0) is 4.79 Å². The van der Waals surface area contributed by atoms with E-state index in [1.807, 2.05) is 21.8 Å². The average Bonchev–Trinajstić information content (AvgIpc) is 2.82. The molecule has 0 saturated carbocycles. The van der Waals surface area contributed by atoms with Crippen LogP contribution in [0.2, 0.25) is 0 Å². The van der Waals surface area contributed by atoms with E-state index in [2.05, 4.69) is 17.3 Å². The van der Waals surface area contributed by atoms with Gasteiger partial charge in [-0.2, -0.15) is 5.10 Å². The van der Waals surface area contributed by atoms with Gasteiger partial charge in [0.1, 0.15) is 0 Å². The standard InChI is InChI=1S/C13H17N3O/c17-13(11-5-2-1-3-6-11)15-9-12(10-15)16-8-4-7-14-16/h1-2,4,7-8,11-12H,3,5-6,9-10H2. The SMILES string of the molecule is O=C(C1CC=CCC1)N1CC(n2cccn2)C1. The van der Waals surface area contributed by atoms with E-state index in [1.165, 1.54) is 0 Å². The lowest BCUT2D eigenvalue weighted by Gasteiger charge is -2.41. The Bertz CT molecular complexity index is 418. The van der Waals surface area contributed by atoms with E-state index in [4.69, 9.17) is 0 Å². The van der Waals surface area contributed by atoms with Crippen molar-refractivity contribution in [1.82, 2.24) is 14.7 Å². The smallest absolute Gasteiger partial charge is 0.226 e. The summed E-state index contributed by atoms with van der Waals surface area (Å²) in [5, 5.41) is 4.21. The molecule has 0 aromatic carbocycles. The number of carbonyl (C=O) groups is 1. The molecule has 1 aliphatic carbocycles. The Morgan fingerprint density at radius 2 is 2.18 bits per heavy atom. The molecule has 1 aromatic rings. The maximum atomic E-state index is 12.2. The second kappa shape index (κ2) is 4.35. The lowest BCUT2D eigenvalue weighted by molar-refractivity contribution is -0.141. The molecular formula is C13H17N3O. The zero-order valence-electron chi connectivity index (χ0n) is 9.83. The first-order valence-electron chi connectivity index (χ1n) is 6.27. The van der Waals surface area contributed by atoms with E-state index in [9.17, 15) is 4.79 Å². The van der Waals surface area contributed by atoms with Crippen LogP contribution in [0.3, 0.4) is 0 Å². The van der Waals surface area contributed by atoms with E-state index in [0.29, 0.717) is 11.9 Å². The molecule has 1 atom stereocenters. The molecule has 0 spiro atoms. The summed E-state index contributed by atoms with van der Waals surface area (Å²) in [5.41, 5.74) is 0. The lowest BCUT2D eigenvalue weighted by Crippen LogP contribution is -2.52. The van der Waals surface area contributed by atoms with Crippen LogP contribution in [0.25, 0.3) is 0 Å². The van der Waals surface area contributed by atoms with E-state index in [-0.39, 0.29) is 5.92 Å². The number of rotatable bonds is 2. The first-order chi connectivity index (χ1) is 8.34. The number of hydrogen-bond donors (Lipinski definition) is 0. The third-order valence-corrected chi connectivity index (χ3v) is 3.69. The Morgan fingerprint density at radius 3 is 2.82 bits per heavy atom. The molecule has 1 fully saturated rings. The fraction of sp³-hybridized carbons (Fsp3) is 0.538. The van der Waals surface area contributed by atoms with Gasteiger partial charge in [0.25, 0.3) is 0 Å². The molecule has 90 valence electrons. The number of allylic oxidation sites excluding steroid dienone is 2. The van der Waals surface area contributed by atoms with Crippen LogP contribution in [0.4, 0.5) is 0 Å². The predicted molar refractivity (Wildman–Crippen MR) is 64.3 cm³/mol. The van der Waals surface area contributed by atoms with Gasteiger partial charge in [0, 0.05) is 31.4 Å². The fourth-order valence-electron chi connectivity index (χ4n) is 2.58. The topological polar surface area (TPSA) is 38.1 Å². The van der Waals surface area contributed by atoms with Crippen molar-refractivity contribution in [1.29, 1.82) is 0 Å². The van der Waals surface area contributed by atoms with Crippen LogP contribution < -0.4 is 0 Å². The molecule has 17 heavy (non-hydrogen) atoms. The third-order valence-electron chi connectivity index (χ3n) is 3.69. The molecular weight excluding hydrogens is 214 g/mol. The average molecular weight is 231 g/mol. The molecule has 1 amide bonds. The molecule has 2 aliphatic rings. The van der Waals surface area contributed by atoms with Crippen LogP contribution in [0.1, 0.15) is 25.3 Å². The van der Waals surface area contributed by atoms with Gasteiger partial charge >= 0.3 is 0 Å². The summed E-state index contributed by atoms with van der Waals surface area (Å²) in [6.45, 7) is 1.64. The summed E-state index contributed by atoms with van der Waals surface area (Å²) < 4.78 is 1.95. The van der Waals surface area contributed by atoms with Crippen LogP contribution >= 0.6 is 0 Å². The molecule has 0 bridgehead atoms. The fourth-order valence-corrected chi connectivity index (χ4v) is 2.58. The first-order valence-corrected chi connectivity index (χ1v) is 6.27. The van der Waals surface area contributed by atoms with Crippen molar-refractivity contribution in [2.24, 2.45) is 5.92 Å². The summed E-state index contributed by atoms with van der Waals surface area (Å²) in [4.78, 5) is 14.1. The van der Waals surface area contributed by atoms with E-state index in [0.717, 1.165) is 32.4 Å². The van der Waals surface area contributed by atoms with Crippen molar-refractivity contribution in [3.8, 4) is 0 Å². The minimum absolute atomic E-state index is 0.221. The van der Waals surface area contributed by atoms with Gasteiger partial charge in [-0.05, 0) is 25.3 Å². The zero-order chi connectivity index (χ0) is 11.7. The maximum absolute atomic E-state index is 12.2. The first kappa shape index (κ1) is 10.6. The molecule has 1 aromatic heterocycles. The lowest BCUT2D eigenvalue weighted by atomic mass is 9.91. The molecule has 0 radical (unpaired) electrons. The second-order valence-electron chi connectivity index (χ2n) is 4.86. The number of likely N-dealkylation sites (tertiary alicyclic amines) is 1. The minimum Gasteiger partial charge on any atom is -0.338 e. The highest BCUT2D eigenvalue weighted by atomic mass is 16.2. The number of nitrogens with zero attached hydrogens (tertiary/aromatic N) is 3. The van der Waals surface area contributed by atoms with Gasteiger partial charge in [0.05, 0.1) is 6.04 Å². The van der Waals surface area contributed by atoms with Gasteiger partial charge in [-0.1, -0.05) is 12.2 Å². The minimum atomic E-state index is 0.221. The number of aromatic nitrogens is 2. The van der Waals surface area contributed by atoms with Gasteiger partial charge in [-0.25, -0.2) is 0 Å². The summed E-state index contributed by atoms with van der Waals surface area (Å²) >= 11 is 0. The number of carbonyl (C=O) groups excluding carboxylic acids is 1. The van der Waals surface area contributed by atoms with Gasteiger partial charge < -0.3 is 4.90 Å². The van der Waals surface area contributed by atoms with Crippen molar-refractivity contribution in [2.45, 2.75) is 25.3 Å². The zero-order valence-corrected chi connectivity index (χ0v) is 9.83. The molecule has 1 unspecified atom stereocenters. The Kier molecular flexibility index (Phi) is 2.71. The van der Waals surface area contributed by atoms with Gasteiger partial charge in [0.15, 0.2) is 0 Å². The Hall–Kier alpha value is -1.58. The Labute approximate surface area is 101 Å². The second-order valence-corrected chi connectivity index (χ2v) is 4.86. The molecule has 4 heteroatoms. The highest BCUT2D eigenvalue weighted by molar-refractivity contribution is 5.80. The van der Waals surface area contributed by atoms with Gasteiger partial charge in [-0.3, -0.25) is 9.48 Å². The van der Waals surface area contributed by atoms with Crippen molar-refractivity contribution >= 4 is 5.91 Å². The summed E-state index contributed by atoms with van der Waals surface area (Å²) in [6, 6.07) is 2.31.